The number of piperidine rings is 1. The van der Waals surface area contributed by atoms with Gasteiger partial charge in [-0.2, -0.15) is 0 Å². The summed E-state index contributed by atoms with van der Waals surface area (Å²) in [4.78, 5) is 14.3. The van der Waals surface area contributed by atoms with E-state index in [0.717, 1.165) is 30.6 Å². The van der Waals surface area contributed by atoms with Crippen LogP contribution in [0.1, 0.15) is 43.7 Å². The Balaban J connectivity index is 1.58. The van der Waals surface area contributed by atoms with Gasteiger partial charge >= 0.3 is 0 Å². The van der Waals surface area contributed by atoms with Crippen molar-refractivity contribution in [1.82, 2.24) is 4.90 Å². The van der Waals surface area contributed by atoms with E-state index in [1.165, 1.54) is 5.56 Å². The molecule has 2 aromatic rings. The molecule has 0 bridgehead atoms. The van der Waals surface area contributed by atoms with Crippen molar-refractivity contribution in [1.29, 1.82) is 0 Å². The van der Waals surface area contributed by atoms with Crippen molar-refractivity contribution < 1.29 is 4.79 Å². The van der Waals surface area contributed by atoms with Gasteiger partial charge in [0, 0.05) is 36.3 Å². The summed E-state index contributed by atoms with van der Waals surface area (Å²) in [5.74, 6) is 6.19. The molecule has 0 aliphatic carbocycles. The molecule has 2 aromatic carbocycles. The average molecular weight is 346 g/mol. The summed E-state index contributed by atoms with van der Waals surface area (Å²) in [6, 6.07) is 18.5. The quantitative estimate of drug-likeness (QED) is 0.842. The van der Waals surface area contributed by atoms with Gasteiger partial charge in [-0.15, -0.1) is 0 Å². The maximum atomic E-state index is 12.4. The number of nitrogens with zero attached hydrogens (tertiary/aromatic N) is 1. The number of nitrogens with one attached hydrogen (secondary N) is 1. The maximum Gasteiger partial charge on any atom is 0.298 e. The first kappa shape index (κ1) is 18.1. The smallest absolute Gasteiger partial charge is 0.298 e. The molecular formula is C23H26N2O. The second kappa shape index (κ2) is 8.58. The predicted molar refractivity (Wildman–Crippen MR) is 107 cm³/mol. The highest BCUT2D eigenvalue weighted by Crippen LogP contribution is 2.20. The standard InChI is InChI=1S/C23H26N2O/c1-18(2)20-11-13-21(14-12-20)24-22-9-6-16-25(17-22)23(26)15-10-19-7-4-3-5-8-19/h3-5,7-8,11-14,18,22,24H,6,9,16-17H2,1-2H3/t22-/m0/s1. The van der Waals surface area contributed by atoms with Gasteiger partial charge in [-0.25, -0.2) is 0 Å². The number of benzene rings is 2. The molecular weight excluding hydrogens is 320 g/mol. The molecule has 1 atom stereocenters. The minimum Gasteiger partial charge on any atom is -0.381 e. The van der Waals surface area contributed by atoms with Gasteiger partial charge in [-0.1, -0.05) is 50.1 Å². The van der Waals surface area contributed by atoms with E-state index < -0.39 is 0 Å². The normalized spacial score (nSPS) is 16.7. The lowest BCUT2D eigenvalue weighted by molar-refractivity contribution is -0.126. The van der Waals surface area contributed by atoms with Gasteiger partial charge in [0.1, 0.15) is 0 Å². The lowest BCUT2D eigenvalue weighted by Gasteiger charge is -2.32. The number of rotatable bonds is 3. The first-order chi connectivity index (χ1) is 12.6. The van der Waals surface area contributed by atoms with E-state index in [2.05, 4.69) is 55.3 Å². The Kier molecular flexibility index (Phi) is 5.96. The van der Waals surface area contributed by atoms with Crippen LogP contribution in [0.25, 0.3) is 0 Å². The lowest BCUT2D eigenvalue weighted by Crippen LogP contribution is -2.44. The summed E-state index contributed by atoms with van der Waals surface area (Å²) in [6.45, 7) is 5.88. The first-order valence-corrected chi connectivity index (χ1v) is 9.34. The summed E-state index contributed by atoms with van der Waals surface area (Å²) < 4.78 is 0. The molecule has 0 radical (unpaired) electrons. The molecule has 1 saturated heterocycles. The van der Waals surface area contributed by atoms with Crippen LogP contribution in [-0.4, -0.2) is 29.9 Å². The Morgan fingerprint density at radius 3 is 2.54 bits per heavy atom. The van der Waals surface area contributed by atoms with Crippen LogP contribution in [0.5, 0.6) is 0 Å². The molecule has 0 unspecified atom stereocenters. The third-order valence-corrected chi connectivity index (χ3v) is 4.74. The second-order valence-electron chi connectivity index (χ2n) is 7.13. The van der Waals surface area contributed by atoms with Gasteiger partial charge in [0.2, 0.25) is 0 Å². The minimum atomic E-state index is -0.0875. The van der Waals surface area contributed by atoms with E-state index in [0.29, 0.717) is 12.5 Å². The summed E-state index contributed by atoms with van der Waals surface area (Å²) in [7, 11) is 0. The van der Waals surface area contributed by atoms with Crippen molar-refractivity contribution in [3.8, 4) is 11.8 Å². The molecule has 3 heteroatoms. The highest BCUT2D eigenvalue weighted by molar-refractivity contribution is 5.94. The third-order valence-electron chi connectivity index (χ3n) is 4.74. The highest BCUT2D eigenvalue weighted by atomic mass is 16.2. The highest BCUT2D eigenvalue weighted by Gasteiger charge is 2.22. The molecule has 134 valence electrons. The molecule has 26 heavy (non-hydrogen) atoms. The summed E-state index contributed by atoms with van der Waals surface area (Å²) in [5.41, 5.74) is 3.33. The van der Waals surface area contributed by atoms with Crippen molar-refractivity contribution in [3.05, 3.63) is 65.7 Å². The van der Waals surface area contributed by atoms with Gasteiger partial charge < -0.3 is 10.2 Å². The van der Waals surface area contributed by atoms with Gasteiger partial charge in [-0.05, 0) is 48.6 Å². The lowest BCUT2D eigenvalue weighted by atomic mass is 10.0. The summed E-state index contributed by atoms with van der Waals surface area (Å²) in [6.07, 6.45) is 2.07. The number of hydrogen-bond acceptors (Lipinski definition) is 2. The Labute approximate surface area is 156 Å². The molecule has 3 nitrogen and oxygen atoms in total. The van der Waals surface area contributed by atoms with Crippen LogP contribution in [0.15, 0.2) is 54.6 Å². The molecule has 0 saturated carbocycles. The summed E-state index contributed by atoms with van der Waals surface area (Å²) in [5, 5.41) is 3.56. The zero-order valence-corrected chi connectivity index (χ0v) is 15.5. The van der Waals surface area contributed by atoms with Gasteiger partial charge in [-0.3, -0.25) is 4.79 Å². The van der Waals surface area contributed by atoms with Gasteiger partial charge in [0.25, 0.3) is 5.91 Å². The van der Waals surface area contributed by atoms with Crippen LogP contribution in [0.3, 0.4) is 0 Å². The van der Waals surface area contributed by atoms with Crippen molar-refractivity contribution in [2.75, 3.05) is 18.4 Å². The number of hydrogen-bond donors (Lipinski definition) is 1. The van der Waals surface area contributed by atoms with Gasteiger partial charge in [0.05, 0.1) is 0 Å². The maximum absolute atomic E-state index is 12.4. The molecule has 1 aliphatic heterocycles. The number of carbonyl (C=O) groups excluding carboxylic acids is 1. The fraction of sp³-hybridized carbons (Fsp3) is 0.348. The van der Waals surface area contributed by atoms with E-state index in [9.17, 15) is 4.79 Å². The van der Waals surface area contributed by atoms with E-state index in [1.54, 1.807) is 0 Å². The van der Waals surface area contributed by atoms with E-state index >= 15 is 0 Å². The Hall–Kier alpha value is -2.73. The Bertz CT molecular complexity index is 784. The predicted octanol–water partition coefficient (Wildman–Crippen LogP) is 4.26. The van der Waals surface area contributed by atoms with Crippen LogP contribution in [0.4, 0.5) is 5.69 Å². The third kappa shape index (κ3) is 4.89. The Morgan fingerprint density at radius 1 is 1.12 bits per heavy atom. The molecule has 1 amide bonds. The molecule has 3 rings (SSSR count). The monoisotopic (exact) mass is 346 g/mol. The van der Waals surface area contributed by atoms with E-state index in [-0.39, 0.29) is 11.9 Å². The van der Waals surface area contributed by atoms with E-state index in [4.69, 9.17) is 0 Å². The SMILES string of the molecule is CC(C)c1ccc(N[C@H]2CCCN(C(=O)C#Cc3ccccc3)C2)cc1. The van der Waals surface area contributed by atoms with Crippen molar-refractivity contribution in [2.45, 2.75) is 38.6 Å². The largest absolute Gasteiger partial charge is 0.381 e. The molecule has 1 N–H and O–H groups in total. The Morgan fingerprint density at radius 2 is 1.85 bits per heavy atom. The van der Waals surface area contributed by atoms with Crippen LogP contribution in [0, 0.1) is 11.8 Å². The van der Waals surface area contributed by atoms with Crippen molar-refractivity contribution in [3.63, 3.8) is 0 Å². The minimum absolute atomic E-state index is 0.0875. The molecule has 0 spiro atoms. The van der Waals surface area contributed by atoms with Crippen LogP contribution >= 0.6 is 0 Å². The first-order valence-electron chi connectivity index (χ1n) is 9.34. The molecule has 1 aliphatic rings. The number of carbonyl (C=O) groups is 1. The number of amides is 1. The topological polar surface area (TPSA) is 32.3 Å². The average Bonchev–Trinajstić information content (AvgIpc) is 2.67. The number of likely N-dealkylation sites (tertiary alicyclic amines) is 1. The molecule has 1 fully saturated rings. The summed E-state index contributed by atoms with van der Waals surface area (Å²) >= 11 is 0. The number of anilines is 1. The van der Waals surface area contributed by atoms with Crippen LogP contribution in [-0.2, 0) is 4.79 Å². The zero-order valence-electron chi connectivity index (χ0n) is 15.5. The van der Waals surface area contributed by atoms with Crippen molar-refractivity contribution in [2.24, 2.45) is 0 Å². The van der Waals surface area contributed by atoms with Crippen LogP contribution < -0.4 is 5.32 Å². The van der Waals surface area contributed by atoms with Gasteiger partial charge in [0.15, 0.2) is 0 Å². The van der Waals surface area contributed by atoms with Crippen molar-refractivity contribution >= 4 is 11.6 Å². The second-order valence-corrected chi connectivity index (χ2v) is 7.13. The molecule has 1 heterocycles. The van der Waals surface area contributed by atoms with E-state index in [1.807, 2.05) is 35.2 Å². The zero-order chi connectivity index (χ0) is 18.4. The van der Waals surface area contributed by atoms with Crippen LogP contribution in [0.2, 0.25) is 0 Å². The fourth-order valence-electron chi connectivity index (χ4n) is 3.21. The molecule has 0 aromatic heterocycles. The fourth-order valence-corrected chi connectivity index (χ4v) is 3.21.